The molecule has 0 atom stereocenters. The minimum atomic E-state index is 0.103. The van der Waals surface area contributed by atoms with Gasteiger partial charge in [-0.25, -0.2) is 4.98 Å². The van der Waals surface area contributed by atoms with E-state index in [0.29, 0.717) is 0 Å². The van der Waals surface area contributed by atoms with Gasteiger partial charge in [0, 0.05) is 18.4 Å². The molecule has 1 aromatic heterocycles. The Morgan fingerprint density at radius 3 is 2.65 bits per heavy atom. The Morgan fingerprint density at radius 2 is 1.95 bits per heavy atom. The normalized spacial score (nSPS) is 17.4. The van der Waals surface area contributed by atoms with Crippen LogP contribution in [-0.2, 0) is 12.0 Å². The van der Waals surface area contributed by atoms with Crippen molar-refractivity contribution in [2.75, 3.05) is 6.54 Å². The zero-order chi connectivity index (χ0) is 13.8. The van der Waals surface area contributed by atoms with Crippen LogP contribution in [0, 0.1) is 0 Å². The highest BCUT2D eigenvalue weighted by Crippen LogP contribution is 2.44. The molecule has 20 heavy (non-hydrogen) atoms. The molecule has 3 nitrogen and oxygen atoms in total. The summed E-state index contributed by atoms with van der Waals surface area (Å²) < 4.78 is 0. The number of aromatic nitrogens is 2. The minimum Gasteiger partial charge on any atom is -0.344 e. The lowest BCUT2D eigenvalue weighted by atomic mass is 9.78. The highest BCUT2D eigenvalue weighted by Gasteiger charge is 2.39. The van der Waals surface area contributed by atoms with Crippen molar-refractivity contribution in [2.24, 2.45) is 0 Å². The van der Waals surface area contributed by atoms with Crippen molar-refractivity contribution in [2.45, 2.75) is 44.6 Å². The van der Waals surface area contributed by atoms with Gasteiger partial charge in [0.05, 0.1) is 5.41 Å². The van der Waals surface area contributed by atoms with E-state index in [1.807, 2.05) is 6.20 Å². The van der Waals surface area contributed by atoms with Gasteiger partial charge in [0.1, 0.15) is 5.82 Å². The average molecular weight is 269 g/mol. The molecule has 0 radical (unpaired) electrons. The monoisotopic (exact) mass is 269 g/mol. The maximum Gasteiger partial charge on any atom is 0.116 e. The summed E-state index contributed by atoms with van der Waals surface area (Å²) in [6, 6.07) is 10.9. The Labute approximate surface area is 120 Å². The van der Waals surface area contributed by atoms with E-state index < -0.39 is 0 Å². The van der Waals surface area contributed by atoms with Crippen molar-refractivity contribution in [1.29, 1.82) is 0 Å². The highest BCUT2D eigenvalue weighted by atomic mass is 15.0. The second-order valence-corrected chi connectivity index (χ2v) is 5.69. The molecule has 1 aliphatic carbocycles. The van der Waals surface area contributed by atoms with Crippen LogP contribution in [0.4, 0.5) is 0 Å². The van der Waals surface area contributed by atoms with E-state index in [0.717, 1.165) is 18.9 Å². The molecule has 0 bridgehead atoms. The average Bonchev–Trinajstić information content (AvgIpc) is 3.16. The molecule has 1 aromatic carbocycles. The van der Waals surface area contributed by atoms with E-state index in [1.54, 1.807) is 0 Å². The van der Waals surface area contributed by atoms with Crippen LogP contribution in [0.5, 0.6) is 0 Å². The number of hydrogen-bond acceptors (Lipinski definition) is 2. The molecule has 0 saturated heterocycles. The first-order valence-corrected chi connectivity index (χ1v) is 7.66. The first kappa shape index (κ1) is 13.4. The first-order valence-electron chi connectivity index (χ1n) is 7.66. The van der Waals surface area contributed by atoms with Crippen LogP contribution in [0.2, 0.25) is 0 Å². The summed E-state index contributed by atoms with van der Waals surface area (Å²) >= 11 is 0. The van der Waals surface area contributed by atoms with Crippen molar-refractivity contribution in [1.82, 2.24) is 15.3 Å². The smallest absolute Gasteiger partial charge is 0.116 e. The molecule has 106 valence electrons. The molecule has 1 heterocycles. The fraction of sp³-hybridized carbons (Fsp3) is 0.471. The molecule has 1 fully saturated rings. The molecule has 3 rings (SSSR count). The second-order valence-electron chi connectivity index (χ2n) is 5.69. The maximum atomic E-state index is 4.70. The molecule has 1 aliphatic rings. The van der Waals surface area contributed by atoms with Crippen LogP contribution in [0.1, 0.15) is 49.7 Å². The third-order valence-corrected chi connectivity index (χ3v) is 4.43. The molecule has 0 spiro atoms. The van der Waals surface area contributed by atoms with Gasteiger partial charge >= 0.3 is 0 Å². The molecule has 0 unspecified atom stereocenters. The van der Waals surface area contributed by atoms with E-state index >= 15 is 0 Å². The molecule has 2 aromatic rings. The van der Waals surface area contributed by atoms with E-state index in [2.05, 4.69) is 47.6 Å². The molecule has 2 N–H and O–H groups in total. The van der Waals surface area contributed by atoms with E-state index in [9.17, 15) is 0 Å². The summed E-state index contributed by atoms with van der Waals surface area (Å²) in [4.78, 5) is 8.26. The Kier molecular flexibility index (Phi) is 3.88. The van der Waals surface area contributed by atoms with Crippen molar-refractivity contribution in [3.8, 4) is 0 Å². The van der Waals surface area contributed by atoms with Crippen molar-refractivity contribution < 1.29 is 0 Å². The van der Waals surface area contributed by atoms with Gasteiger partial charge in [-0.3, -0.25) is 0 Å². The van der Waals surface area contributed by atoms with Crippen LogP contribution in [-0.4, -0.2) is 16.5 Å². The number of nitrogens with one attached hydrogen (secondary N) is 2. The van der Waals surface area contributed by atoms with Gasteiger partial charge in [-0.1, -0.05) is 50.1 Å². The lowest BCUT2D eigenvalue weighted by Gasteiger charge is -2.27. The maximum absolute atomic E-state index is 4.70. The summed E-state index contributed by atoms with van der Waals surface area (Å²) in [5.74, 6) is 1.15. The molecule has 0 aliphatic heterocycles. The van der Waals surface area contributed by atoms with Gasteiger partial charge in [-0.2, -0.15) is 0 Å². The number of nitrogens with zero attached hydrogens (tertiary/aromatic N) is 1. The van der Waals surface area contributed by atoms with E-state index in [1.165, 1.54) is 36.9 Å². The summed E-state index contributed by atoms with van der Waals surface area (Å²) in [6.45, 7) is 3.98. The van der Waals surface area contributed by atoms with Gasteiger partial charge in [0.25, 0.3) is 0 Å². The SMILES string of the molecule is CCNCc1cnc(C2(c3ccccc3)CCCC2)[nH]1. The Hall–Kier alpha value is -1.61. The Bertz CT molecular complexity index is 538. The van der Waals surface area contributed by atoms with Crippen LogP contribution in [0.25, 0.3) is 0 Å². The highest BCUT2D eigenvalue weighted by molar-refractivity contribution is 5.34. The van der Waals surface area contributed by atoms with Crippen LogP contribution in [0.3, 0.4) is 0 Å². The fourth-order valence-corrected chi connectivity index (χ4v) is 3.35. The summed E-state index contributed by atoms with van der Waals surface area (Å²) in [6.07, 6.45) is 6.97. The number of H-pyrrole nitrogens is 1. The summed E-state index contributed by atoms with van der Waals surface area (Å²) in [7, 11) is 0. The zero-order valence-corrected chi connectivity index (χ0v) is 12.2. The first-order chi connectivity index (χ1) is 9.85. The number of hydrogen-bond donors (Lipinski definition) is 2. The van der Waals surface area contributed by atoms with Crippen LogP contribution < -0.4 is 5.32 Å². The third-order valence-electron chi connectivity index (χ3n) is 4.43. The second kappa shape index (κ2) is 5.80. The van der Waals surface area contributed by atoms with Gasteiger partial charge in [-0.15, -0.1) is 0 Å². The molecular formula is C17H23N3. The Balaban J connectivity index is 1.93. The number of rotatable bonds is 5. The summed E-state index contributed by atoms with van der Waals surface area (Å²) in [5.41, 5.74) is 2.69. The van der Waals surface area contributed by atoms with Gasteiger partial charge in [-0.05, 0) is 24.9 Å². The number of imidazole rings is 1. The summed E-state index contributed by atoms with van der Waals surface area (Å²) in [5, 5.41) is 3.35. The fourth-order valence-electron chi connectivity index (χ4n) is 3.35. The lowest BCUT2D eigenvalue weighted by Crippen LogP contribution is -2.25. The zero-order valence-electron chi connectivity index (χ0n) is 12.2. The lowest BCUT2D eigenvalue weighted by molar-refractivity contribution is 0.503. The molecule has 0 amide bonds. The molecular weight excluding hydrogens is 246 g/mol. The van der Waals surface area contributed by atoms with Crippen LogP contribution >= 0.6 is 0 Å². The van der Waals surface area contributed by atoms with E-state index in [4.69, 9.17) is 4.98 Å². The van der Waals surface area contributed by atoms with Gasteiger partial charge in [0.15, 0.2) is 0 Å². The van der Waals surface area contributed by atoms with Gasteiger partial charge < -0.3 is 10.3 Å². The predicted octanol–water partition coefficient (Wildman–Crippen LogP) is 3.38. The number of benzene rings is 1. The van der Waals surface area contributed by atoms with Crippen molar-refractivity contribution >= 4 is 0 Å². The van der Waals surface area contributed by atoms with E-state index in [-0.39, 0.29) is 5.41 Å². The quantitative estimate of drug-likeness (QED) is 0.873. The topological polar surface area (TPSA) is 40.7 Å². The molecule has 1 saturated carbocycles. The Morgan fingerprint density at radius 1 is 1.20 bits per heavy atom. The minimum absolute atomic E-state index is 0.103. The van der Waals surface area contributed by atoms with Crippen LogP contribution in [0.15, 0.2) is 36.5 Å². The molecule has 3 heteroatoms. The van der Waals surface area contributed by atoms with Gasteiger partial charge in [0.2, 0.25) is 0 Å². The third kappa shape index (κ3) is 2.38. The largest absolute Gasteiger partial charge is 0.344 e. The predicted molar refractivity (Wildman–Crippen MR) is 81.7 cm³/mol. The number of aromatic amines is 1. The van der Waals surface area contributed by atoms with Crippen molar-refractivity contribution in [3.05, 3.63) is 53.6 Å². The van der Waals surface area contributed by atoms with Crippen molar-refractivity contribution in [3.63, 3.8) is 0 Å². The standard InChI is InChI=1S/C17H23N3/c1-2-18-12-15-13-19-16(20-15)17(10-6-7-11-17)14-8-4-3-5-9-14/h3-5,8-9,13,18H,2,6-7,10-12H2,1H3,(H,19,20).